The van der Waals surface area contributed by atoms with Crippen molar-refractivity contribution in [3.05, 3.63) is 34.1 Å². The van der Waals surface area contributed by atoms with Gasteiger partial charge in [-0.05, 0) is 47.0 Å². The van der Waals surface area contributed by atoms with Gasteiger partial charge in [0.1, 0.15) is 5.82 Å². The van der Waals surface area contributed by atoms with Gasteiger partial charge in [0.05, 0.1) is 24.2 Å². The number of morpholine rings is 1. The number of rotatable bonds is 4. The molecule has 0 bridgehead atoms. The number of likely N-dealkylation sites (tertiary alicyclic amines) is 1. The van der Waals surface area contributed by atoms with E-state index in [2.05, 4.69) is 38.0 Å². The van der Waals surface area contributed by atoms with Crippen molar-refractivity contribution in [1.29, 1.82) is 0 Å². The van der Waals surface area contributed by atoms with Crippen molar-refractivity contribution in [2.45, 2.75) is 25.9 Å². The Morgan fingerprint density at radius 3 is 2.81 bits per heavy atom. The minimum absolute atomic E-state index is 0. The van der Waals surface area contributed by atoms with Gasteiger partial charge < -0.3 is 15.0 Å². The normalized spacial score (nSPS) is 21.6. The van der Waals surface area contributed by atoms with E-state index < -0.39 is 0 Å². The summed E-state index contributed by atoms with van der Waals surface area (Å²) in [5.41, 5.74) is 0.875. The van der Waals surface area contributed by atoms with Crippen LogP contribution in [-0.4, -0.2) is 67.7 Å². The molecule has 1 N–H and O–H groups in total. The van der Waals surface area contributed by atoms with Crippen molar-refractivity contribution in [2.24, 2.45) is 4.99 Å². The molecule has 5 nitrogen and oxygen atoms in total. The quantitative estimate of drug-likeness (QED) is 0.362. The molecule has 0 aromatic heterocycles. The Morgan fingerprint density at radius 1 is 1.35 bits per heavy atom. The molecular formula is C18H27BrFIN4O. The zero-order valence-corrected chi connectivity index (χ0v) is 19.0. The predicted molar refractivity (Wildman–Crippen MR) is 117 cm³/mol. The predicted octanol–water partition coefficient (Wildman–Crippen LogP) is 3.08. The number of hydrogen-bond donors (Lipinski definition) is 1. The van der Waals surface area contributed by atoms with Gasteiger partial charge in [0, 0.05) is 38.8 Å². The van der Waals surface area contributed by atoms with Gasteiger partial charge in [0.2, 0.25) is 0 Å². The van der Waals surface area contributed by atoms with Gasteiger partial charge in [-0.1, -0.05) is 6.07 Å². The zero-order chi connectivity index (χ0) is 17.6. The first-order valence-corrected chi connectivity index (χ1v) is 9.75. The standard InChI is InChI=1S/C18H26BrFN4O.HI/c1-2-21-18(22-12-14-3-4-16(19)17(20)11-14)24-6-5-15(13-24)23-7-9-25-10-8-23;/h3-4,11,15H,2,5-10,12-13H2,1H3,(H,21,22);1H. The van der Waals surface area contributed by atoms with E-state index in [4.69, 9.17) is 9.73 Å². The molecule has 3 rings (SSSR count). The lowest BCUT2D eigenvalue weighted by atomic mass is 10.2. The van der Waals surface area contributed by atoms with E-state index in [0.717, 1.165) is 63.9 Å². The van der Waals surface area contributed by atoms with Gasteiger partial charge in [-0.15, -0.1) is 24.0 Å². The summed E-state index contributed by atoms with van der Waals surface area (Å²) in [5.74, 6) is 0.674. The van der Waals surface area contributed by atoms with Crippen LogP contribution in [0.2, 0.25) is 0 Å². The highest BCUT2D eigenvalue weighted by Gasteiger charge is 2.30. The summed E-state index contributed by atoms with van der Waals surface area (Å²) >= 11 is 3.19. The van der Waals surface area contributed by atoms with E-state index in [9.17, 15) is 4.39 Å². The fraction of sp³-hybridized carbons (Fsp3) is 0.611. The number of hydrogen-bond acceptors (Lipinski definition) is 3. The average Bonchev–Trinajstić information content (AvgIpc) is 3.12. The Kier molecular flexibility index (Phi) is 9.05. The van der Waals surface area contributed by atoms with E-state index in [1.165, 1.54) is 6.07 Å². The van der Waals surface area contributed by atoms with Gasteiger partial charge in [0.15, 0.2) is 5.96 Å². The molecule has 0 saturated carbocycles. The first-order valence-electron chi connectivity index (χ1n) is 8.96. The monoisotopic (exact) mass is 540 g/mol. The summed E-state index contributed by atoms with van der Waals surface area (Å²) in [6.07, 6.45) is 1.15. The lowest BCUT2D eigenvalue weighted by Crippen LogP contribution is -2.46. The largest absolute Gasteiger partial charge is 0.379 e. The van der Waals surface area contributed by atoms with E-state index in [1.54, 1.807) is 6.07 Å². The van der Waals surface area contributed by atoms with Gasteiger partial charge in [-0.3, -0.25) is 4.90 Å². The Bertz CT molecular complexity index is 613. The molecule has 8 heteroatoms. The van der Waals surface area contributed by atoms with Crippen LogP contribution in [0, 0.1) is 5.82 Å². The molecule has 2 fully saturated rings. The number of ether oxygens (including phenoxy) is 1. The molecule has 0 aliphatic carbocycles. The van der Waals surface area contributed by atoms with E-state index in [-0.39, 0.29) is 29.8 Å². The molecule has 146 valence electrons. The maximum Gasteiger partial charge on any atom is 0.194 e. The maximum absolute atomic E-state index is 13.7. The third-order valence-electron chi connectivity index (χ3n) is 4.76. The summed E-state index contributed by atoms with van der Waals surface area (Å²) in [4.78, 5) is 9.57. The second-order valence-electron chi connectivity index (χ2n) is 6.46. The number of guanidine groups is 1. The summed E-state index contributed by atoms with van der Waals surface area (Å²) < 4.78 is 19.6. The Labute approximate surface area is 180 Å². The third kappa shape index (κ3) is 5.77. The number of nitrogens with one attached hydrogen (secondary N) is 1. The smallest absolute Gasteiger partial charge is 0.194 e. The molecule has 2 aliphatic heterocycles. The summed E-state index contributed by atoms with van der Waals surface area (Å²) in [5, 5.41) is 3.37. The maximum atomic E-state index is 13.7. The van der Waals surface area contributed by atoms with Crippen LogP contribution < -0.4 is 5.32 Å². The van der Waals surface area contributed by atoms with Crippen LogP contribution in [0.1, 0.15) is 18.9 Å². The van der Waals surface area contributed by atoms with Gasteiger partial charge in [0.25, 0.3) is 0 Å². The minimum atomic E-state index is -0.244. The molecule has 2 heterocycles. The summed E-state index contributed by atoms with van der Waals surface area (Å²) in [6.45, 7) is 9.07. The van der Waals surface area contributed by atoms with Crippen LogP contribution in [-0.2, 0) is 11.3 Å². The van der Waals surface area contributed by atoms with Gasteiger partial charge in [-0.2, -0.15) is 0 Å². The Hall–Kier alpha value is -0.450. The number of aliphatic imine (C=N–C) groups is 1. The molecule has 1 aromatic rings. The van der Waals surface area contributed by atoms with Crippen molar-refractivity contribution in [3.8, 4) is 0 Å². The fourth-order valence-electron chi connectivity index (χ4n) is 3.40. The SMILES string of the molecule is CCNC(=NCc1ccc(Br)c(F)c1)N1CCC(N2CCOCC2)C1.I. The molecule has 1 aromatic carbocycles. The lowest BCUT2D eigenvalue weighted by Gasteiger charge is -2.32. The van der Waals surface area contributed by atoms with Crippen molar-refractivity contribution in [2.75, 3.05) is 45.9 Å². The fourth-order valence-corrected chi connectivity index (χ4v) is 3.65. The van der Waals surface area contributed by atoms with E-state index >= 15 is 0 Å². The van der Waals surface area contributed by atoms with Gasteiger partial charge >= 0.3 is 0 Å². The first kappa shape index (κ1) is 21.8. The van der Waals surface area contributed by atoms with Crippen LogP contribution in [0.4, 0.5) is 4.39 Å². The summed E-state index contributed by atoms with van der Waals surface area (Å²) in [7, 11) is 0. The first-order chi connectivity index (χ1) is 12.2. The molecular weight excluding hydrogens is 514 g/mol. The van der Waals surface area contributed by atoms with Crippen molar-refractivity contribution in [3.63, 3.8) is 0 Å². The molecule has 26 heavy (non-hydrogen) atoms. The topological polar surface area (TPSA) is 40.1 Å². The van der Waals surface area contributed by atoms with Crippen molar-refractivity contribution in [1.82, 2.24) is 15.1 Å². The highest BCUT2D eigenvalue weighted by atomic mass is 127. The second kappa shape index (κ2) is 10.8. The molecule has 2 aliphatic rings. The number of nitrogens with zero attached hydrogens (tertiary/aromatic N) is 3. The zero-order valence-electron chi connectivity index (χ0n) is 15.1. The average molecular weight is 541 g/mol. The van der Waals surface area contributed by atoms with E-state index in [1.807, 2.05) is 6.07 Å². The third-order valence-corrected chi connectivity index (χ3v) is 5.40. The highest BCUT2D eigenvalue weighted by molar-refractivity contribution is 14.0. The van der Waals surface area contributed by atoms with Crippen LogP contribution >= 0.6 is 39.9 Å². The van der Waals surface area contributed by atoms with Gasteiger partial charge in [-0.25, -0.2) is 9.38 Å². The number of halogens is 3. The van der Waals surface area contributed by atoms with Crippen LogP contribution in [0.15, 0.2) is 27.7 Å². The molecule has 0 amide bonds. The second-order valence-corrected chi connectivity index (χ2v) is 7.31. The Balaban J connectivity index is 0.00000243. The van der Waals surface area contributed by atoms with E-state index in [0.29, 0.717) is 17.1 Å². The van der Waals surface area contributed by atoms with Crippen LogP contribution in [0.3, 0.4) is 0 Å². The molecule has 0 radical (unpaired) electrons. The molecule has 1 unspecified atom stereocenters. The Morgan fingerprint density at radius 2 is 2.12 bits per heavy atom. The van der Waals surface area contributed by atoms with Crippen LogP contribution in [0.25, 0.3) is 0 Å². The molecule has 1 atom stereocenters. The number of benzene rings is 1. The summed E-state index contributed by atoms with van der Waals surface area (Å²) in [6, 6.07) is 5.74. The van der Waals surface area contributed by atoms with Crippen molar-refractivity contribution >= 4 is 45.9 Å². The lowest BCUT2D eigenvalue weighted by molar-refractivity contribution is 0.0195. The van der Waals surface area contributed by atoms with Crippen molar-refractivity contribution < 1.29 is 9.13 Å². The minimum Gasteiger partial charge on any atom is -0.379 e. The highest BCUT2D eigenvalue weighted by Crippen LogP contribution is 2.19. The molecule has 2 saturated heterocycles. The van der Waals surface area contributed by atoms with Crippen LogP contribution in [0.5, 0.6) is 0 Å². The molecule has 0 spiro atoms.